The maximum Gasteiger partial charge on any atom is 0.351 e. The fourth-order valence-corrected chi connectivity index (χ4v) is 1.94. The second-order valence-corrected chi connectivity index (χ2v) is 3.77. The van der Waals surface area contributed by atoms with E-state index in [-0.39, 0.29) is 12.7 Å². The van der Waals surface area contributed by atoms with Gasteiger partial charge in [0, 0.05) is 5.82 Å². The summed E-state index contributed by atoms with van der Waals surface area (Å²) >= 11 is 0. The van der Waals surface area contributed by atoms with Crippen LogP contribution in [0.4, 0.5) is 0 Å². The van der Waals surface area contributed by atoms with Gasteiger partial charge in [-0.05, 0) is 18.3 Å². The third-order valence-corrected chi connectivity index (χ3v) is 2.75. The molecule has 0 spiro atoms. The molecule has 1 aromatic rings. The Kier molecular flexibility index (Phi) is 3.59. The van der Waals surface area contributed by atoms with Crippen LogP contribution in [0.2, 0.25) is 6.32 Å². The first-order chi connectivity index (χ1) is 7.42. The minimum absolute atomic E-state index is 0.110. The number of benzene rings is 1. The Morgan fingerprint density at radius 1 is 1.33 bits per heavy atom. The van der Waals surface area contributed by atoms with Gasteiger partial charge in [-0.3, -0.25) is 4.89 Å². The van der Waals surface area contributed by atoms with Crippen molar-refractivity contribution in [3.63, 3.8) is 0 Å². The lowest BCUT2D eigenvalue weighted by Crippen LogP contribution is -2.30. The fraction of sp³-hybridized carbons (Fsp3) is 0.333. The van der Waals surface area contributed by atoms with Gasteiger partial charge in [0.1, 0.15) is 0 Å². The van der Waals surface area contributed by atoms with Gasteiger partial charge in [0.2, 0.25) is 0 Å². The first-order valence-corrected chi connectivity index (χ1v) is 5.37. The zero-order chi connectivity index (χ0) is 10.5. The summed E-state index contributed by atoms with van der Waals surface area (Å²) in [6.45, 7) is 4.69. The van der Waals surface area contributed by atoms with Crippen molar-refractivity contribution in [3.05, 3.63) is 48.6 Å². The molecule has 3 heteroatoms. The van der Waals surface area contributed by atoms with Crippen molar-refractivity contribution in [2.45, 2.75) is 18.6 Å². The van der Waals surface area contributed by atoms with Gasteiger partial charge >= 0.3 is 6.92 Å². The molecule has 2 rings (SSSR count). The third kappa shape index (κ3) is 2.49. The van der Waals surface area contributed by atoms with Gasteiger partial charge in [0.25, 0.3) is 0 Å². The molecule has 15 heavy (non-hydrogen) atoms. The normalized spacial score (nSPS) is 18.5. The monoisotopic (exact) mass is 202 g/mol. The van der Waals surface area contributed by atoms with E-state index >= 15 is 0 Å². The van der Waals surface area contributed by atoms with Crippen molar-refractivity contribution >= 4 is 6.92 Å². The lowest BCUT2D eigenvalue weighted by molar-refractivity contribution is -0.223. The van der Waals surface area contributed by atoms with Crippen molar-refractivity contribution in [2.75, 3.05) is 6.61 Å². The van der Waals surface area contributed by atoms with Gasteiger partial charge in [-0.2, -0.15) is 0 Å². The molecule has 1 aliphatic heterocycles. The summed E-state index contributed by atoms with van der Waals surface area (Å²) in [6, 6.07) is 10.3. The van der Waals surface area contributed by atoms with Gasteiger partial charge in [0.15, 0.2) is 0 Å². The summed E-state index contributed by atoms with van der Waals surface area (Å²) in [5.74, 6) is 0.228. The molecule has 2 nitrogen and oxygen atoms in total. The highest BCUT2D eigenvalue weighted by Crippen LogP contribution is 2.25. The molecule has 1 aromatic carbocycles. The molecule has 1 fully saturated rings. The number of hydrogen-bond acceptors (Lipinski definition) is 2. The molecule has 0 bridgehead atoms. The zero-order valence-corrected chi connectivity index (χ0v) is 8.76. The molecule has 1 aliphatic rings. The van der Waals surface area contributed by atoms with Gasteiger partial charge in [-0.25, -0.2) is 0 Å². The molecule has 78 valence electrons. The van der Waals surface area contributed by atoms with Crippen LogP contribution in [-0.2, 0) is 9.69 Å². The summed E-state index contributed by atoms with van der Waals surface area (Å²) in [4.78, 5) is 10.4. The second kappa shape index (κ2) is 5.15. The molecule has 0 saturated carbocycles. The third-order valence-electron chi connectivity index (χ3n) is 2.75. The smallest absolute Gasteiger partial charge is 0.304 e. The summed E-state index contributed by atoms with van der Waals surface area (Å²) in [5, 5.41) is 0. The first-order valence-electron chi connectivity index (χ1n) is 5.37. The van der Waals surface area contributed by atoms with Crippen LogP contribution in [0, 0.1) is 0 Å². The van der Waals surface area contributed by atoms with E-state index in [4.69, 9.17) is 9.69 Å². The Bertz CT molecular complexity index is 307. The molecule has 1 atom stereocenters. The summed E-state index contributed by atoms with van der Waals surface area (Å²) in [7, 11) is 0. The SMILES string of the molecule is C=CC(B1CCCOO1)c1ccccc1. The highest BCUT2D eigenvalue weighted by atomic mass is 17.2. The van der Waals surface area contributed by atoms with Crippen molar-refractivity contribution < 1.29 is 9.69 Å². The van der Waals surface area contributed by atoms with Crippen LogP contribution in [0.1, 0.15) is 17.8 Å². The number of hydrogen-bond donors (Lipinski definition) is 0. The quantitative estimate of drug-likeness (QED) is 0.426. The summed E-state index contributed by atoms with van der Waals surface area (Å²) in [5.41, 5.74) is 1.24. The molecular weight excluding hydrogens is 187 g/mol. The van der Waals surface area contributed by atoms with Gasteiger partial charge in [-0.15, -0.1) is 6.58 Å². The van der Waals surface area contributed by atoms with Crippen LogP contribution in [0.5, 0.6) is 0 Å². The summed E-state index contributed by atoms with van der Waals surface area (Å²) < 4.78 is 0. The summed E-state index contributed by atoms with van der Waals surface area (Å²) in [6.07, 6.45) is 4.03. The lowest BCUT2D eigenvalue weighted by atomic mass is 9.51. The predicted molar refractivity (Wildman–Crippen MR) is 61.6 cm³/mol. The number of rotatable bonds is 3. The molecule has 0 radical (unpaired) electrons. The van der Waals surface area contributed by atoms with Crippen LogP contribution >= 0.6 is 0 Å². The molecule has 0 aliphatic carbocycles. The van der Waals surface area contributed by atoms with Crippen molar-refractivity contribution in [1.82, 2.24) is 0 Å². The first kappa shape index (κ1) is 10.5. The van der Waals surface area contributed by atoms with Crippen molar-refractivity contribution in [1.29, 1.82) is 0 Å². The maximum absolute atomic E-state index is 5.31. The molecule has 0 N–H and O–H groups in total. The molecule has 1 heterocycles. The topological polar surface area (TPSA) is 18.5 Å². The predicted octanol–water partition coefficient (Wildman–Crippen LogP) is 2.84. The Morgan fingerprint density at radius 2 is 2.13 bits per heavy atom. The van der Waals surface area contributed by atoms with Crippen molar-refractivity contribution in [2.24, 2.45) is 0 Å². The number of allylic oxidation sites excluding steroid dienone is 1. The Morgan fingerprint density at radius 3 is 2.73 bits per heavy atom. The molecule has 0 aromatic heterocycles. The molecule has 1 saturated heterocycles. The molecule has 1 unspecified atom stereocenters. The highest BCUT2D eigenvalue weighted by molar-refractivity contribution is 6.54. The largest absolute Gasteiger partial charge is 0.351 e. The fourth-order valence-electron chi connectivity index (χ4n) is 1.94. The lowest BCUT2D eigenvalue weighted by Gasteiger charge is -2.24. The van der Waals surface area contributed by atoms with E-state index in [2.05, 4.69) is 18.7 Å². The van der Waals surface area contributed by atoms with Gasteiger partial charge in [-0.1, -0.05) is 36.4 Å². The van der Waals surface area contributed by atoms with Gasteiger partial charge < -0.3 is 4.81 Å². The second-order valence-electron chi connectivity index (χ2n) is 3.77. The van der Waals surface area contributed by atoms with E-state index < -0.39 is 0 Å². The minimum Gasteiger partial charge on any atom is -0.304 e. The van der Waals surface area contributed by atoms with Crippen LogP contribution in [0.15, 0.2) is 43.0 Å². The molecular formula is C12H15BO2. The van der Waals surface area contributed by atoms with Gasteiger partial charge in [0.05, 0.1) is 6.61 Å². The van der Waals surface area contributed by atoms with Crippen LogP contribution in [-0.4, -0.2) is 13.5 Å². The van der Waals surface area contributed by atoms with Crippen LogP contribution in [0.3, 0.4) is 0 Å². The average molecular weight is 202 g/mol. The van der Waals surface area contributed by atoms with E-state index in [1.165, 1.54) is 5.56 Å². The van der Waals surface area contributed by atoms with E-state index in [9.17, 15) is 0 Å². The van der Waals surface area contributed by atoms with E-state index in [0.717, 1.165) is 12.7 Å². The zero-order valence-electron chi connectivity index (χ0n) is 8.76. The van der Waals surface area contributed by atoms with Crippen LogP contribution < -0.4 is 0 Å². The highest BCUT2D eigenvalue weighted by Gasteiger charge is 2.30. The average Bonchev–Trinajstić information content (AvgIpc) is 2.33. The van der Waals surface area contributed by atoms with E-state index in [1.807, 2.05) is 24.3 Å². The minimum atomic E-state index is 0.110. The molecule has 0 amide bonds. The van der Waals surface area contributed by atoms with Crippen molar-refractivity contribution in [3.8, 4) is 0 Å². The Hall–Kier alpha value is -1.06. The Labute approximate surface area is 90.9 Å². The Balaban J connectivity index is 2.12. The van der Waals surface area contributed by atoms with E-state index in [0.29, 0.717) is 6.61 Å². The van der Waals surface area contributed by atoms with Crippen LogP contribution in [0.25, 0.3) is 0 Å². The maximum atomic E-state index is 5.31. The van der Waals surface area contributed by atoms with E-state index in [1.54, 1.807) is 0 Å². The standard InChI is InChI=1S/C12H15BO2/c1-2-12(11-7-4-3-5-8-11)13-9-6-10-14-15-13/h2-5,7-8,12H,1,6,9-10H2.